The van der Waals surface area contributed by atoms with Crippen LogP contribution in [-0.2, 0) is 0 Å². The van der Waals surface area contributed by atoms with Gasteiger partial charge in [0.15, 0.2) is 0 Å². The van der Waals surface area contributed by atoms with E-state index < -0.39 is 0 Å². The van der Waals surface area contributed by atoms with Crippen LogP contribution < -0.4 is 10.1 Å². The van der Waals surface area contributed by atoms with Crippen molar-refractivity contribution in [3.8, 4) is 11.8 Å². The van der Waals surface area contributed by atoms with Crippen molar-refractivity contribution in [3.63, 3.8) is 0 Å². The molecule has 2 aromatic rings. The van der Waals surface area contributed by atoms with Gasteiger partial charge in [0.1, 0.15) is 17.3 Å². The Labute approximate surface area is 106 Å². The maximum atomic E-state index is 9.14. The molecule has 18 heavy (non-hydrogen) atoms. The Bertz CT molecular complexity index is 602. The van der Waals surface area contributed by atoms with Crippen molar-refractivity contribution in [2.75, 3.05) is 19.0 Å². The highest BCUT2D eigenvalue weighted by Gasteiger charge is 2.10. The van der Waals surface area contributed by atoms with Crippen molar-refractivity contribution in [1.29, 1.82) is 5.26 Å². The van der Waals surface area contributed by atoms with Crippen LogP contribution in [0.4, 0.5) is 5.69 Å². The first-order chi connectivity index (χ1) is 8.81. The lowest BCUT2D eigenvalue weighted by Gasteiger charge is -2.12. The predicted molar refractivity (Wildman–Crippen MR) is 71.8 cm³/mol. The molecule has 0 fully saturated rings. The lowest BCUT2D eigenvalue weighted by Crippen LogP contribution is -2.03. The Balaban J connectivity index is 2.66. The van der Waals surface area contributed by atoms with Gasteiger partial charge in [-0.3, -0.25) is 4.98 Å². The van der Waals surface area contributed by atoms with E-state index in [-0.39, 0.29) is 0 Å². The monoisotopic (exact) mass is 241 g/mol. The molecular formula is C14H15N3O. The summed E-state index contributed by atoms with van der Waals surface area (Å²) in [5.74, 6) is 0.719. The SMILES string of the molecule is CCCNc1c(C#N)cnc2c(OC)cccc12. The number of methoxy groups -OCH3 is 1. The third kappa shape index (κ3) is 2.07. The Morgan fingerprint density at radius 2 is 2.28 bits per heavy atom. The molecular weight excluding hydrogens is 226 g/mol. The number of benzene rings is 1. The van der Waals surface area contributed by atoms with E-state index in [1.54, 1.807) is 13.3 Å². The first kappa shape index (κ1) is 12.2. The Kier molecular flexibility index (Phi) is 3.63. The Morgan fingerprint density at radius 3 is 2.94 bits per heavy atom. The van der Waals surface area contributed by atoms with Gasteiger partial charge in [-0.25, -0.2) is 0 Å². The molecule has 0 aliphatic heterocycles. The highest BCUT2D eigenvalue weighted by Crippen LogP contribution is 2.31. The summed E-state index contributed by atoms with van der Waals surface area (Å²) in [5.41, 5.74) is 2.17. The van der Waals surface area contributed by atoms with Crippen LogP contribution in [0.5, 0.6) is 5.75 Å². The molecule has 0 saturated heterocycles. The van der Waals surface area contributed by atoms with E-state index in [9.17, 15) is 0 Å². The van der Waals surface area contributed by atoms with E-state index in [1.165, 1.54) is 0 Å². The molecule has 0 unspecified atom stereocenters. The molecule has 92 valence electrons. The van der Waals surface area contributed by atoms with Gasteiger partial charge in [-0.15, -0.1) is 0 Å². The molecule has 0 amide bonds. The summed E-state index contributed by atoms with van der Waals surface area (Å²) in [6.07, 6.45) is 2.58. The van der Waals surface area contributed by atoms with E-state index in [0.29, 0.717) is 5.56 Å². The van der Waals surface area contributed by atoms with E-state index >= 15 is 0 Å². The summed E-state index contributed by atoms with van der Waals surface area (Å²) < 4.78 is 5.29. The number of nitriles is 1. The van der Waals surface area contributed by atoms with Gasteiger partial charge in [-0.05, 0) is 12.5 Å². The first-order valence-corrected chi connectivity index (χ1v) is 5.91. The molecule has 1 heterocycles. The molecule has 0 saturated carbocycles. The molecule has 2 rings (SSSR count). The number of hydrogen-bond donors (Lipinski definition) is 1. The molecule has 0 aliphatic carbocycles. The van der Waals surface area contributed by atoms with Crippen LogP contribution in [0.3, 0.4) is 0 Å². The number of fused-ring (bicyclic) bond motifs is 1. The minimum absolute atomic E-state index is 0.559. The molecule has 0 spiro atoms. The number of nitrogens with zero attached hydrogens (tertiary/aromatic N) is 2. The minimum atomic E-state index is 0.559. The molecule has 1 aromatic carbocycles. The highest BCUT2D eigenvalue weighted by molar-refractivity contribution is 5.97. The van der Waals surface area contributed by atoms with Gasteiger partial charge in [-0.2, -0.15) is 5.26 Å². The molecule has 4 nitrogen and oxygen atoms in total. The second-order valence-corrected chi connectivity index (χ2v) is 3.94. The number of hydrogen-bond acceptors (Lipinski definition) is 4. The zero-order valence-corrected chi connectivity index (χ0v) is 10.5. The van der Waals surface area contributed by atoms with Crippen LogP contribution in [0.2, 0.25) is 0 Å². The molecule has 0 aliphatic rings. The molecule has 0 atom stereocenters. The summed E-state index contributed by atoms with van der Waals surface area (Å²) in [6, 6.07) is 7.89. The second kappa shape index (κ2) is 5.37. The zero-order valence-electron chi connectivity index (χ0n) is 10.5. The second-order valence-electron chi connectivity index (χ2n) is 3.94. The number of ether oxygens (including phenoxy) is 1. The van der Waals surface area contributed by atoms with E-state index in [0.717, 1.165) is 35.3 Å². The van der Waals surface area contributed by atoms with Gasteiger partial charge in [-0.1, -0.05) is 19.1 Å². The van der Waals surface area contributed by atoms with Gasteiger partial charge in [0.25, 0.3) is 0 Å². The van der Waals surface area contributed by atoms with E-state index in [1.807, 2.05) is 18.2 Å². The van der Waals surface area contributed by atoms with Crippen molar-refractivity contribution in [2.24, 2.45) is 0 Å². The van der Waals surface area contributed by atoms with Crippen molar-refractivity contribution >= 4 is 16.6 Å². The van der Waals surface area contributed by atoms with E-state index in [2.05, 4.69) is 23.3 Å². The highest BCUT2D eigenvalue weighted by atomic mass is 16.5. The van der Waals surface area contributed by atoms with Crippen LogP contribution in [0.25, 0.3) is 10.9 Å². The molecule has 0 bridgehead atoms. The number of para-hydroxylation sites is 1. The predicted octanol–water partition coefficient (Wildman–Crippen LogP) is 2.94. The Hall–Kier alpha value is -2.28. The normalized spacial score (nSPS) is 10.1. The molecule has 1 aromatic heterocycles. The quantitative estimate of drug-likeness (QED) is 0.894. The van der Waals surface area contributed by atoms with Crippen LogP contribution >= 0.6 is 0 Å². The van der Waals surface area contributed by atoms with Gasteiger partial charge in [0.2, 0.25) is 0 Å². The van der Waals surface area contributed by atoms with Gasteiger partial charge in [0, 0.05) is 18.1 Å². The summed E-state index contributed by atoms with van der Waals surface area (Å²) in [5, 5.41) is 13.4. The average Bonchev–Trinajstić information content (AvgIpc) is 2.43. The van der Waals surface area contributed by atoms with Gasteiger partial charge in [0.05, 0.1) is 18.4 Å². The standard InChI is InChI=1S/C14H15N3O/c1-3-7-16-13-10(8-15)9-17-14-11(13)5-4-6-12(14)18-2/h4-6,9H,3,7H2,1-2H3,(H,16,17). The van der Waals surface area contributed by atoms with Crippen LogP contribution in [0.1, 0.15) is 18.9 Å². The number of nitrogens with one attached hydrogen (secondary N) is 1. The third-order valence-electron chi connectivity index (χ3n) is 2.75. The van der Waals surface area contributed by atoms with Crippen LogP contribution in [0, 0.1) is 11.3 Å². The smallest absolute Gasteiger partial charge is 0.145 e. The lowest BCUT2D eigenvalue weighted by atomic mass is 10.1. The number of pyridine rings is 1. The van der Waals surface area contributed by atoms with Crippen molar-refractivity contribution in [3.05, 3.63) is 30.0 Å². The van der Waals surface area contributed by atoms with Crippen LogP contribution in [0.15, 0.2) is 24.4 Å². The average molecular weight is 241 g/mol. The maximum absolute atomic E-state index is 9.14. The van der Waals surface area contributed by atoms with Crippen molar-refractivity contribution in [2.45, 2.75) is 13.3 Å². The zero-order chi connectivity index (χ0) is 13.0. The lowest BCUT2D eigenvalue weighted by molar-refractivity contribution is 0.419. The number of rotatable bonds is 4. The fraction of sp³-hybridized carbons (Fsp3) is 0.286. The topological polar surface area (TPSA) is 57.9 Å². The number of anilines is 1. The van der Waals surface area contributed by atoms with Crippen molar-refractivity contribution in [1.82, 2.24) is 4.98 Å². The van der Waals surface area contributed by atoms with Gasteiger partial charge >= 0.3 is 0 Å². The first-order valence-electron chi connectivity index (χ1n) is 5.91. The molecule has 4 heteroatoms. The summed E-state index contributed by atoms with van der Waals surface area (Å²) in [7, 11) is 1.62. The number of aromatic nitrogens is 1. The summed E-state index contributed by atoms with van der Waals surface area (Å²) in [6.45, 7) is 2.91. The fourth-order valence-corrected chi connectivity index (χ4v) is 1.89. The Morgan fingerprint density at radius 1 is 1.44 bits per heavy atom. The van der Waals surface area contributed by atoms with Crippen molar-refractivity contribution < 1.29 is 4.74 Å². The largest absolute Gasteiger partial charge is 0.494 e. The third-order valence-corrected chi connectivity index (χ3v) is 2.75. The summed E-state index contributed by atoms with van der Waals surface area (Å²) >= 11 is 0. The van der Waals surface area contributed by atoms with E-state index in [4.69, 9.17) is 10.00 Å². The molecule has 0 radical (unpaired) electrons. The van der Waals surface area contributed by atoms with Gasteiger partial charge < -0.3 is 10.1 Å². The summed E-state index contributed by atoms with van der Waals surface area (Å²) in [4.78, 5) is 4.30. The molecule has 1 N–H and O–H groups in total. The minimum Gasteiger partial charge on any atom is -0.494 e. The van der Waals surface area contributed by atoms with Crippen LogP contribution in [-0.4, -0.2) is 18.6 Å². The fourth-order valence-electron chi connectivity index (χ4n) is 1.89. The maximum Gasteiger partial charge on any atom is 0.145 e.